The predicted molar refractivity (Wildman–Crippen MR) is 75.7 cm³/mol. The van der Waals surface area contributed by atoms with E-state index in [-0.39, 0.29) is 12.0 Å². The summed E-state index contributed by atoms with van der Waals surface area (Å²) in [5, 5.41) is 3.31. The number of methoxy groups -OCH3 is 1. The van der Waals surface area contributed by atoms with Gasteiger partial charge in [0.05, 0.1) is 7.11 Å². The summed E-state index contributed by atoms with van der Waals surface area (Å²) in [5.41, 5.74) is 0. The fourth-order valence-corrected chi connectivity index (χ4v) is 1.98. The van der Waals surface area contributed by atoms with Crippen LogP contribution in [0.25, 0.3) is 0 Å². The zero-order valence-corrected chi connectivity index (χ0v) is 12.5. The van der Waals surface area contributed by atoms with E-state index >= 15 is 0 Å². The highest BCUT2D eigenvalue weighted by Gasteiger charge is 2.17. The number of hydrogen-bond donors (Lipinski definition) is 1. The molecule has 0 aliphatic heterocycles. The van der Waals surface area contributed by atoms with Crippen LogP contribution in [0.15, 0.2) is 0 Å². The molecule has 1 N–H and O–H groups in total. The van der Waals surface area contributed by atoms with Crippen LogP contribution in [0.5, 0.6) is 0 Å². The lowest BCUT2D eigenvalue weighted by Gasteiger charge is -2.21. The normalized spacial score (nSPS) is 12.7. The van der Waals surface area contributed by atoms with E-state index < -0.39 is 0 Å². The monoisotopic (exact) mass is 258 g/mol. The first-order valence-electron chi connectivity index (χ1n) is 7.23. The first-order valence-corrected chi connectivity index (χ1v) is 7.23. The second kappa shape index (κ2) is 11.5. The van der Waals surface area contributed by atoms with Crippen molar-refractivity contribution >= 4 is 5.97 Å². The van der Waals surface area contributed by atoms with Crippen molar-refractivity contribution in [2.75, 3.05) is 33.3 Å². The quantitative estimate of drug-likeness (QED) is 0.455. The third-order valence-electron chi connectivity index (χ3n) is 3.30. The van der Waals surface area contributed by atoms with E-state index in [2.05, 4.69) is 31.0 Å². The van der Waals surface area contributed by atoms with Gasteiger partial charge in [0.2, 0.25) is 0 Å². The fraction of sp³-hybridized carbons (Fsp3) is 0.929. The molecule has 0 aromatic heterocycles. The number of unbranched alkanes of at least 4 members (excludes halogenated alkanes) is 2. The zero-order chi connectivity index (χ0) is 13.8. The van der Waals surface area contributed by atoms with Crippen molar-refractivity contribution < 1.29 is 9.53 Å². The number of carbonyl (C=O) groups excluding carboxylic acids is 1. The Labute approximate surface area is 112 Å². The van der Waals surface area contributed by atoms with Gasteiger partial charge >= 0.3 is 5.97 Å². The number of hydrogen-bond acceptors (Lipinski definition) is 4. The Kier molecular flexibility index (Phi) is 11.1. The number of esters is 1. The van der Waals surface area contributed by atoms with Gasteiger partial charge in [0.1, 0.15) is 6.04 Å². The molecule has 0 amide bonds. The molecular formula is C14H30N2O2. The van der Waals surface area contributed by atoms with Gasteiger partial charge in [0.15, 0.2) is 0 Å². The molecule has 0 rings (SSSR count). The Morgan fingerprint density at radius 1 is 1.22 bits per heavy atom. The molecule has 108 valence electrons. The van der Waals surface area contributed by atoms with Crippen molar-refractivity contribution in [1.82, 2.24) is 10.2 Å². The van der Waals surface area contributed by atoms with Crippen molar-refractivity contribution in [3.8, 4) is 0 Å². The number of nitrogens with one attached hydrogen (secondary N) is 1. The molecule has 0 radical (unpaired) electrons. The molecule has 0 spiro atoms. The van der Waals surface area contributed by atoms with Gasteiger partial charge in [0, 0.05) is 13.1 Å². The maximum absolute atomic E-state index is 11.6. The minimum absolute atomic E-state index is 0.134. The Morgan fingerprint density at radius 2 is 1.89 bits per heavy atom. The summed E-state index contributed by atoms with van der Waals surface area (Å²) in [6.45, 7) is 10.4. The first kappa shape index (κ1) is 17.4. The van der Waals surface area contributed by atoms with Crippen LogP contribution in [-0.2, 0) is 9.53 Å². The van der Waals surface area contributed by atoms with E-state index in [1.54, 1.807) is 0 Å². The van der Waals surface area contributed by atoms with E-state index in [4.69, 9.17) is 4.74 Å². The average molecular weight is 258 g/mol. The van der Waals surface area contributed by atoms with Gasteiger partial charge in [-0.2, -0.15) is 0 Å². The van der Waals surface area contributed by atoms with E-state index in [0.717, 1.165) is 39.0 Å². The number of rotatable bonds is 11. The third kappa shape index (κ3) is 7.67. The smallest absolute Gasteiger partial charge is 0.322 e. The van der Waals surface area contributed by atoms with Crippen molar-refractivity contribution in [1.29, 1.82) is 0 Å². The van der Waals surface area contributed by atoms with Gasteiger partial charge in [0.25, 0.3) is 0 Å². The van der Waals surface area contributed by atoms with Crippen LogP contribution < -0.4 is 5.32 Å². The van der Waals surface area contributed by atoms with E-state index in [1.807, 2.05) is 0 Å². The Bertz CT molecular complexity index is 206. The maximum atomic E-state index is 11.6. The summed E-state index contributed by atoms with van der Waals surface area (Å²) in [6, 6.07) is -0.142. The molecule has 0 fully saturated rings. The highest BCUT2D eigenvalue weighted by atomic mass is 16.5. The van der Waals surface area contributed by atoms with Crippen molar-refractivity contribution in [3.05, 3.63) is 0 Å². The van der Waals surface area contributed by atoms with Gasteiger partial charge in [-0.15, -0.1) is 0 Å². The highest BCUT2D eigenvalue weighted by Crippen LogP contribution is 2.04. The summed E-state index contributed by atoms with van der Waals surface area (Å²) >= 11 is 0. The van der Waals surface area contributed by atoms with Crippen LogP contribution in [0.3, 0.4) is 0 Å². The molecule has 4 nitrogen and oxygen atoms in total. The van der Waals surface area contributed by atoms with Crippen molar-refractivity contribution in [3.63, 3.8) is 0 Å². The van der Waals surface area contributed by atoms with Crippen LogP contribution in [-0.4, -0.2) is 50.2 Å². The van der Waals surface area contributed by atoms with Gasteiger partial charge in [-0.25, -0.2) is 0 Å². The minimum Gasteiger partial charge on any atom is -0.468 e. The second-order valence-corrected chi connectivity index (χ2v) is 4.55. The van der Waals surface area contributed by atoms with Gasteiger partial charge < -0.3 is 15.0 Å². The standard InChI is InChI=1S/C14H30N2O2/c1-5-8-9-10-13(14(17)18-4)15-11-12-16(6-2)7-3/h13,15H,5-12H2,1-4H3. The van der Waals surface area contributed by atoms with E-state index in [9.17, 15) is 4.79 Å². The van der Waals surface area contributed by atoms with E-state index in [1.165, 1.54) is 20.0 Å². The van der Waals surface area contributed by atoms with Gasteiger partial charge in [-0.3, -0.25) is 4.79 Å². The van der Waals surface area contributed by atoms with E-state index in [0.29, 0.717) is 0 Å². The molecule has 0 aromatic carbocycles. The van der Waals surface area contributed by atoms with Crippen LogP contribution in [0.1, 0.15) is 46.5 Å². The molecule has 0 aliphatic rings. The molecule has 18 heavy (non-hydrogen) atoms. The lowest BCUT2D eigenvalue weighted by molar-refractivity contribution is -0.143. The fourth-order valence-electron chi connectivity index (χ4n) is 1.98. The molecule has 0 bridgehead atoms. The SMILES string of the molecule is CCCCCC(NCCN(CC)CC)C(=O)OC. The number of ether oxygens (including phenoxy) is 1. The Hall–Kier alpha value is -0.610. The molecule has 0 heterocycles. The molecule has 0 saturated heterocycles. The lowest BCUT2D eigenvalue weighted by Crippen LogP contribution is -2.42. The maximum Gasteiger partial charge on any atom is 0.322 e. The van der Waals surface area contributed by atoms with Gasteiger partial charge in [-0.05, 0) is 19.5 Å². The predicted octanol–water partition coefficient (Wildman–Crippen LogP) is 2.04. The average Bonchev–Trinajstić information content (AvgIpc) is 2.41. The molecule has 1 atom stereocenters. The third-order valence-corrected chi connectivity index (χ3v) is 3.30. The summed E-state index contributed by atoms with van der Waals surface area (Å²) in [4.78, 5) is 14.0. The molecule has 0 aliphatic carbocycles. The highest BCUT2D eigenvalue weighted by molar-refractivity contribution is 5.75. The molecule has 0 saturated carbocycles. The van der Waals surface area contributed by atoms with Crippen LogP contribution in [0, 0.1) is 0 Å². The number of likely N-dealkylation sites (N-methyl/N-ethyl adjacent to an activating group) is 1. The first-order chi connectivity index (χ1) is 8.69. The zero-order valence-electron chi connectivity index (χ0n) is 12.5. The van der Waals surface area contributed by atoms with Gasteiger partial charge in [-0.1, -0.05) is 40.0 Å². The van der Waals surface area contributed by atoms with Crippen LogP contribution in [0.2, 0.25) is 0 Å². The number of nitrogens with zero attached hydrogens (tertiary/aromatic N) is 1. The summed E-state index contributed by atoms with van der Waals surface area (Å²) < 4.78 is 4.84. The summed E-state index contributed by atoms with van der Waals surface area (Å²) in [6.07, 6.45) is 4.30. The lowest BCUT2D eigenvalue weighted by atomic mass is 10.1. The van der Waals surface area contributed by atoms with Crippen molar-refractivity contribution in [2.24, 2.45) is 0 Å². The van der Waals surface area contributed by atoms with Crippen molar-refractivity contribution in [2.45, 2.75) is 52.5 Å². The van der Waals surface area contributed by atoms with Crippen LogP contribution in [0.4, 0.5) is 0 Å². The minimum atomic E-state index is -0.142. The molecule has 4 heteroatoms. The number of carbonyl (C=O) groups is 1. The topological polar surface area (TPSA) is 41.6 Å². The summed E-state index contributed by atoms with van der Waals surface area (Å²) in [7, 11) is 1.46. The summed E-state index contributed by atoms with van der Waals surface area (Å²) in [5.74, 6) is -0.134. The molecule has 0 aromatic rings. The Morgan fingerprint density at radius 3 is 2.39 bits per heavy atom. The second-order valence-electron chi connectivity index (χ2n) is 4.55. The molecule has 1 unspecified atom stereocenters. The largest absolute Gasteiger partial charge is 0.468 e. The molecular weight excluding hydrogens is 228 g/mol. The Balaban J connectivity index is 3.96. The van der Waals surface area contributed by atoms with Crippen LogP contribution >= 0.6 is 0 Å².